The Morgan fingerprint density at radius 3 is 2.30 bits per heavy atom. The lowest BCUT2D eigenvalue weighted by Crippen LogP contribution is -2.44. The average molecular weight is 365 g/mol. The van der Waals surface area contributed by atoms with E-state index in [0.29, 0.717) is 22.9 Å². The van der Waals surface area contributed by atoms with Crippen LogP contribution in [0.2, 0.25) is 0 Å². The molecule has 5 nitrogen and oxygen atoms in total. The van der Waals surface area contributed by atoms with Crippen LogP contribution in [0.4, 0.5) is 5.69 Å². The van der Waals surface area contributed by atoms with Gasteiger partial charge in [0.2, 0.25) is 0 Å². The number of benzene rings is 2. The van der Waals surface area contributed by atoms with Crippen molar-refractivity contribution < 1.29 is 9.59 Å². The van der Waals surface area contributed by atoms with E-state index >= 15 is 0 Å². The molecule has 0 bridgehead atoms. The quantitative estimate of drug-likeness (QED) is 0.903. The second-order valence-corrected chi connectivity index (χ2v) is 7.34. The molecule has 2 aromatic rings. The van der Waals surface area contributed by atoms with E-state index in [0.717, 1.165) is 31.5 Å². The highest BCUT2D eigenvalue weighted by Gasteiger charge is 2.25. The molecule has 0 radical (unpaired) electrons. The molecular weight excluding hydrogens is 338 g/mol. The summed E-state index contributed by atoms with van der Waals surface area (Å²) in [5.41, 5.74) is 2.83. The molecule has 5 heteroatoms. The third kappa shape index (κ3) is 4.55. The molecule has 0 saturated carbocycles. The third-order valence-corrected chi connectivity index (χ3v) is 5.25. The fourth-order valence-corrected chi connectivity index (χ4v) is 3.44. The molecule has 1 heterocycles. The number of piperidine rings is 1. The largest absolute Gasteiger partial charge is 0.339 e. The van der Waals surface area contributed by atoms with Crippen LogP contribution in [-0.2, 0) is 0 Å². The molecule has 27 heavy (non-hydrogen) atoms. The van der Waals surface area contributed by atoms with E-state index in [1.54, 1.807) is 18.2 Å². The fraction of sp³-hybridized carbons (Fsp3) is 0.364. The number of hydrogen-bond acceptors (Lipinski definition) is 3. The second-order valence-electron chi connectivity index (χ2n) is 7.34. The van der Waals surface area contributed by atoms with E-state index in [2.05, 4.69) is 24.3 Å². The highest BCUT2D eigenvalue weighted by Crippen LogP contribution is 2.21. The van der Waals surface area contributed by atoms with E-state index in [-0.39, 0.29) is 11.8 Å². The lowest BCUT2D eigenvalue weighted by molar-refractivity contribution is 0.0663. The Balaban J connectivity index is 1.71. The van der Waals surface area contributed by atoms with Crippen molar-refractivity contribution in [2.45, 2.75) is 25.8 Å². The molecule has 1 aliphatic heterocycles. The molecular formula is C22H27N3O2. The van der Waals surface area contributed by atoms with Crippen LogP contribution in [0.25, 0.3) is 0 Å². The topological polar surface area (TPSA) is 52.7 Å². The third-order valence-electron chi connectivity index (χ3n) is 5.25. The van der Waals surface area contributed by atoms with E-state index in [1.165, 1.54) is 0 Å². The van der Waals surface area contributed by atoms with E-state index < -0.39 is 0 Å². The van der Waals surface area contributed by atoms with Gasteiger partial charge in [-0.2, -0.15) is 0 Å². The lowest BCUT2D eigenvalue weighted by Gasteiger charge is -2.35. The Morgan fingerprint density at radius 1 is 1.00 bits per heavy atom. The van der Waals surface area contributed by atoms with Gasteiger partial charge in [0.25, 0.3) is 11.8 Å². The number of aryl methyl sites for hydroxylation is 1. The molecule has 1 saturated heterocycles. The maximum absolute atomic E-state index is 12.9. The van der Waals surface area contributed by atoms with Gasteiger partial charge < -0.3 is 15.1 Å². The molecule has 0 spiro atoms. The van der Waals surface area contributed by atoms with Crippen molar-refractivity contribution in [3.8, 4) is 0 Å². The Labute approximate surface area is 161 Å². The number of hydrogen-bond donors (Lipinski definition) is 1. The first-order valence-corrected chi connectivity index (χ1v) is 9.38. The summed E-state index contributed by atoms with van der Waals surface area (Å²) in [6, 6.07) is 15.1. The Hall–Kier alpha value is -2.66. The number of carbonyl (C=O) groups is 2. The Morgan fingerprint density at radius 2 is 1.67 bits per heavy atom. The molecule has 0 aliphatic carbocycles. The van der Waals surface area contributed by atoms with Crippen LogP contribution < -0.4 is 5.32 Å². The molecule has 3 rings (SSSR count). The van der Waals surface area contributed by atoms with Crippen LogP contribution in [0.15, 0.2) is 48.5 Å². The van der Waals surface area contributed by atoms with Gasteiger partial charge in [0, 0.05) is 35.9 Å². The minimum atomic E-state index is -0.171. The number of carbonyl (C=O) groups excluding carboxylic acids is 2. The van der Waals surface area contributed by atoms with E-state index in [9.17, 15) is 9.59 Å². The molecule has 0 aromatic heterocycles. The first kappa shape index (κ1) is 19.1. The van der Waals surface area contributed by atoms with Crippen LogP contribution in [0.1, 0.15) is 39.1 Å². The van der Waals surface area contributed by atoms with E-state index in [1.807, 2.05) is 42.2 Å². The van der Waals surface area contributed by atoms with Crippen molar-refractivity contribution in [1.82, 2.24) is 9.80 Å². The summed E-state index contributed by atoms with van der Waals surface area (Å²) in [6.45, 7) is 3.46. The number of amides is 2. The van der Waals surface area contributed by atoms with Crippen LogP contribution >= 0.6 is 0 Å². The van der Waals surface area contributed by atoms with Crippen LogP contribution in [-0.4, -0.2) is 54.8 Å². The number of anilines is 1. The van der Waals surface area contributed by atoms with Gasteiger partial charge in [-0.25, -0.2) is 0 Å². The highest BCUT2D eigenvalue weighted by molar-refractivity contribution is 6.05. The number of nitrogens with zero attached hydrogens (tertiary/aromatic N) is 2. The van der Waals surface area contributed by atoms with E-state index in [4.69, 9.17) is 0 Å². The standard InChI is InChI=1S/C22H27N3O2/c1-16-9-10-18(22(27)25-13-11-19(12-14-25)24(2)3)15-20(16)23-21(26)17-7-5-4-6-8-17/h4-10,15,19H,11-14H2,1-3H3,(H,23,26). The van der Waals surface area contributed by atoms with Crippen molar-refractivity contribution in [2.75, 3.05) is 32.5 Å². The molecule has 2 amide bonds. The molecule has 0 atom stereocenters. The predicted molar refractivity (Wildman–Crippen MR) is 108 cm³/mol. The summed E-state index contributed by atoms with van der Waals surface area (Å²) in [6.07, 6.45) is 1.98. The molecule has 1 aliphatic rings. The SMILES string of the molecule is Cc1ccc(C(=O)N2CCC(N(C)C)CC2)cc1NC(=O)c1ccccc1. The summed E-state index contributed by atoms with van der Waals surface area (Å²) in [5.74, 6) is -0.141. The van der Waals surface area contributed by atoms with Crippen molar-refractivity contribution in [1.29, 1.82) is 0 Å². The van der Waals surface area contributed by atoms with Crippen molar-refractivity contribution in [3.05, 3.63) is 65.2 Å². The molecule has 0 unspecified atom stereocenters. The smallest absolute Gasteiger partial charge is 0.255 e. The maximum Gasteiger partial charge on any atom is 0.255 e. The second kappa shape index (κ2) is 8.35. The minimum Gasteiger partial charge on any atom is -0.339 e. The Bertz CT molecular complexity index is 810. The van der Waals surface area contributed by atoms with Gasteiger partial charge in [-0.1, -0.05) is 24.3 Å². The normalized spacial score (nSPS) is 15.0. The van der Waals surface area contributed by atoms with Gasteiger partial charge in [-0.15, -0.1) is 0 Å². The molecule has 1 N–H and O–H groups in total. The number of likely N-dealkylation sites (tertiary alicyclic amines) is 1. The van der Waals surface area contributed by atoms with Crippen LogP contribution in [0, 0.1) is 6.92 Å². The van der Waals surface area contributed by atoms with Crippen molar-refractivity contribution in [2.24, 2.45) is 0 Å². The Kier molecular flexibility index (Phi) is 5.91. The first-order valence-electron chi connectivity index (χ1n) is 9.38. The zero-order chi connectivity index (χ0) is 19.4. The van der Waals surface area contributed by atoms with Crippen LogP contribution in [0.3, 0.4) is 0 Å². The number of nitrogens with one attached hydrogen (secondary N) is 1. The van der Waals surface area contributed by atoms with Gasteiger partial charge in [-0.3, -0.25) is 9.59 Å². The summed E-state index contributed by atoms with van der Waals surface area (Å²) in [4.78, 5) is 29.5. The first-order chi connectivity index (χ1) is 13.0. The lowest BCUT2D eigenvalue weighted by atomic mass is 10.0. The van der Waals surface area contributed by atoms with Crippen molar-refractivity contribution in [3.63, 3.8) is 0 Å². The molecule has 2 aromatic carbocycles. The maximum atomic E-state index is 12.9. The van der Waals surface area contributed by atoms with Gasteiger partial charge in [0.15, 0.2) is 0 Å². The summed E-state index contributed by atoms with van der Waals surface area (Å²) in [7, 11) is 4.17. The van der Waals surface area contributed by atoms with Gasteiger partial charge in [0.1, 0.15) is 0 Å². The summed E-state index contributed by atoms with van der Waals surface area (Å²) >= 11 is 0. The predicted octanol–water partition coefficient (Wildman–Crippen LogP) is 3.41. The van der Waals surface area contributed by atoms with Gasteiger partial charge in [0.05, 0.1) is 0 Å². The zero-order valence-electron chi connectivity index (χ0n) is 16.2. The van der Waals surface area contributed by atoms with Gasteiger partial charge >= 0.3 is 0 Å². The van der Waals surface area contributed by atoms with Gasteiger partial charge in [-0.05, 0) is 63.7 Å². The molecule has 1 fully saturated rings. The summed E-state index contributed by atoms with van der Waals surface area (Å²) < 4.78 is 0. The summed E-state index contributed by atoms with van der Waals surface area (Å²) in [5, 5.41) is 2.93. The average Bonchev–Trinajstić information content (AvgIpc) is 2.69. The number of rotatable bonds is 4. The molecule has 142 valence electrons. The monoisotopic (exact) mass is 365 g/mol. The van der Waals surface area contributed by atoms with Crippen LogP contribution in [0.5, 0.6) is 0 Å². The zero-order valence-corrected chi connectivity index (χ0v) is 16.2. The highest BCUT2D eigenvalue weighted by atomic mass is 16.2. The minimum absolute atomic E-state index is 0.0300. The fourth-order valence-electron chi connectivity index (χ4n) is 3.44. The van der Waals surface area contributed by atoms with Crippen molar-refractivity contribution >= 4 is 17.5 Å².